The Morgan fingerprint density at radius 3 is 2.61 bits per heavy atom. The van der Waals surface area contributed by atoms with Crippen molar-refractivity contribution in [1.82, 2.24) is 9.88 Å². The van der Waals surface area contributed by atoms with E-state index < -0.39 is 0 Å². The second-order valence-electron chi connectivity index (χ2n) is 6.93. The van der Waals surface area contributed by atoms with Gasteiger partial charge in [-0.3, -0.25) is 4.79 Å². The summed E-state index contributed by atoms with van der Waals surface area (Å²) in [5.41, 5.74) is 2.48. The van der Waals surface area contributed by atoms with Gasteiger partial charge in [-0.2, -0.15) is 0 Å². The lowest BCUT2D eigenvalue weighted by molar-refractivity contribution is -0.132. The van der Waals surface area contributed by atoms with Crippen molar-refractivity contribution in [2.24, 2.45) is 5.92 Å². The van der Waals surface area contributed by atoms with Crippen LogP contribution in [0.5, 0.6) is 0 Å². The van der Waals surface area contributed by atoms with Crippen molar-refractivity contribution in [2.45, 2.75) is 32.6 Å². The molecular formula is C18H23N3OS. The lowest BCUT2D eigenvalue weighted by Crippen LogP contribution is -2.49. The number of nitrogens with zero attached hydrogens (tertiary/aromatic N) is 3. The summed E-state index contributed by atoms with van der Waals surface area (Å²) in [6, 6.07) is 6.48. The lowest BCUT2D eigenvalue weighted by Gasteiger charge is -2.34. The Balaban J connectivity index is 1.51. The average molecular weight is 329 g/mol. The Kier molecular flexibility index (Phi) is 3.76. The topological polar surface area (TPSA) is 36.4 Å². The first-order valence-electron chi connectivity index (χ1n) is 8.56. The maximum Gasteiger partial charge on any atom is 0.225 e. The van der Waals surface area contributed by atoms with Crippen molar-refractivity contribution < 1.29 is 4.79 Å². The van der Waals surface area contributed by atoms with Gasteiger partial charge in [0.15, 0.2) is 5.13 Å². The predicted molar refractivity (Wildman–Crippen MR) is 95.2 cm³/mol. The van der Waals surface area contributed by atoms with E-state index in [2.05, 4.69) is 36.9 Å². The van der Waals surface area contributed by atoms with E-state index in [0.717, 1.165) is 49.7 Å². The first-order chi connectivity index (χ1) is 11.1. The molecule has 1 saturated carbocycles. The number of hydrogen-bond acceptors (Lipinski definition) is 4. The smallest absolute Gasteiger partial charge is 0.225 e. The monoisotopic (exact) mass is 329 g/mol. The van der Waals surface area contributed by atoms with Crippen LogP contribution in [0.4, 0.5) is 5.13 Å². The number of carbonyl (C=O) groups is 1. The molecule has 1 aliphatic heterocycles. The van der Waals surface area contributed by atoms with Crippen LogP contribution < -0.4 is 4.90 Å². The van der Waals surface area contributed by atoms with E-state index in [-0.39, 0.29) is 0 Å². The van der Waals surface area contributed by atoms with Crippen LogP contribution in [0, 0.1) is 5.92 Å². The fourth-order valence-corrected chi connectivity index (χ4v) is 4.32. The molecule has 23 heavy (non-hydrogen) atoms. The Morgan fingerprint density at radius 2 is 1.96 bits per heavy atom. The summed E-state index contributed by atoms with van der Waals surface area (Å²) in [6.07, 6.45) is 2.18. The fourth-order valence-electron chi connectivity index (χ4n) is 3.27. The van der Waals surface area contributed by atoms with Gasteiger partial charge in [0.05, 0.1) is 10.2 Å². The van der Waals surface area contributed by atoms with E-state index in [1.807, 2.05) is 4.90 Å². The molecule has 1 aromatic heterocycles. The molecular weight excluding hydrogens is 306 g/mol. The summed E-state index contributed by atoms with van der Waals surface area (Å²) < 4.78 is 1.27. The molecule has 122 valence electrons. The van der Waals surface area contributed by atoms with Gasteiger partial charge in [-0.25, -0.2) is 4.98 Å². The third-order valence-electron chi connectivity index (χ3n) is 4.85. The largest absolute Gasteiger partial charge is 0.345 e. The number of anilines is 1. The zero-order chi connectivity index (χ0) is 16.0. The van der Waals surface area contributed by atoms with Gasteiger partial charge < -0.3 is 9.80 Å². The standard InChI is InChI=1S/C18H23N3OS/c1-12(2)14-4-3-5-15-16(14)19-18(23-15)21-10-8-20(9-11-21)17(22)13-6-7-13/h3-5,12-13H,6-11H2,1-2H3. The predicted octanol–water partition coefficient (Wildman–Crippen LogP) is 3.48. The van der Waals surface area contributed by atoms with Crippen LogP contribution >= 0.6 is 11.3 Å². The zero-order valence-corrected chi connectivity index (χ0v) is 14.6. The summed E-state index contributed by atoms with van der Waals surface area (Å²) >= 11 is 1.78. The molecule has 5 heteroatoms. The number of piperazine rings is 1. The molecule has 0 unspecified atom stereocenters. The number of fused-ring (bicyclic) bond motifs is 1. The summed E-state index contributed by atoms with van der Waals surface area (Å²) in [5, 5.41) is 1.10. The molecule has 4 rings (SSSR count). The highest BCUT2D eigenvalue weighted by Crippen LogP contribution is 2.35. The van der Waals surface area contributed by atoms with Gasteiger partial charge in [-0.1, -0.05) is 37.3 Å². The van der Waals surface area contributed by atoms with Crippen molar-refractivity contribution in [3.63, 3.8) is 0 Å². The number of aromatic nitrogens is 1. The maximum absolute atomic E-state index is 12.2. The molecule has 0 radical (unpaired) electrons. The number of rotatable bonds is 3. The van der Waals surface area contributed by atoms with Crippen LogP contribution in [0.15, 0.2) is 18.2 Å². The van der Waals surface area contributed by atoms with E-state index in [0.29, 0.717) is 17.7 Å². The van der Waals surface area contributed by atoms with Crippen LogP contribution in [0.3, 0.4) is 0 Å². The van der Waals surface area contributed by atoms with Crippen molar-refractivity contribution in [3.8, 4) is 0 Å². The lowest BCUT2D eigenvalue weighted by atomic mass is 10.0. The van der Waals surface area contributed by atoms with Gasteiger partial charge in [-0.05, 0) is 30.4 Å². The molecule has 1 amide bonds. The quantitative estimate of drug-likeness (QED) is 0.865. The molecule has 0 N–H and O–H groups in total. The molecule has 2 aliphatic rings. The van der Waals surface area contributed by atoms with Crippen molar-refractivity contribution >= 4 is 32.6 Å². The van der Waals surface area contributed by atoms with Crippen molar-refractivity contribution in [1.29, 1.82) is 0 Å². The van der Waals surface area contributed by atoms with Gasteiger partial charge in [-0.15, -0.1) is 0 Å². The van der Waals surface area contributed by atoms with Crippen LogP contribution in [-0.4, -0.2) is 42.0 Å². The summed E-state index contributed by atoms with van der Waals surface area (Å²) in [5.74, 6) is 1.19. The highest BCUT2D eigenvalue weighted by molar-refractivity contribution is 7.22. The molecule has 0 bridgehead atoms. The Bertz CT molecular complexity index is 727. The number of para-hydroxylation sites is 1. The van der Waals surface area contributed by atoms with E-state index in [1.54, 1.807) is 11.3 Å². The second-order valence-corrected chi connectivity index (χ2v) is 7.94. The first kappa shape index (κ1) is 14.9. The fraction of sp³-hybridized carbons (Fsp3) is 0.556. The van der Waals surface area contributed by atoms with E-state index in [1.165, 1.54) is 10.3 Å². The van der Waals surface area contributed by atoms with Gasteiger partial charge in [0, 0.05) is 32.1 Å². The Labute approximate surface area is 141 Å². The SMILES string of the molecule is CC(C)c1cccc2sc(N3CCN(C(=O)C4CC4)CC3)nc12. The molecule has 0 atom stereocenters. The summed E-state index contributed by atoms with van der Waals surface area (Å²) in [4.78, 5) is 21.5. The summed E-state index contributed by atoms with van der Waals surface area (Å²) in [6.45, 7) is 7.90. The summed E-state index contributed by atoms with van der Waals surface area (Å²) in [7, 11) is 0. The molecule has 4 nitrogen and oxygen atoms in total. The highest BCUT2D eigenvalue weighted by atomic mass is 32.1. The van der Waals surface area contributed by atoms with E-state index in [9.17, 15) is 4.79 Å². The Hall–Kier alpha value is -1.62. The minimum atomic E-state index is 0.331. The third kappa shape index (κ3) is 2.82. The first-order valence-corrected chi connectivity index (χ1v) is 9.38. The molecule has 1 saturated heterocycles. The number of amides is 1. The molecule has 2 fully saturated rings. The van der Waals surface area contributed by atoms with Crippen molar-refractivity contribution in [2.75, 3.05) is 31.1 Å². The number of thiazole rings is 1. The minimum absolute atomic E-state index is 0.331. The molecule has 1 aromatic carbocycles. The molecule has 2 heterocycles. The Morgan fingerprint density at radius 1 is 1.22 bits per heavy atom. The molecule has 0 spiro atoms. The van der Waals surface area contributed by atoms with Crippen LogP contribution in [0.1, 0.15) is 38.2 Å². The average Bonchev–Trinajstić information content (AvgIpc) is 3.32. The minimum Gasteiger partial charge on any atom is -0.345 e. The zero-order valence-electron chi connectivity index (χ0n) is 13.8. The third-order valence-corrected chi connectivity index (χ3v) is 5.93. The number of hydrogen-bond donors (Lipinski definition) is 0. The van der Waals surface area contributed by atoms with Gasteiger partial charge >= 0.3 is 0 Å². The van der Waals surface area contributed by atoms with Gasteiger partial charge in [0.1, 0.15) is 0 Å². The normalized spacial score (nSPS) is 18.9. The van der Waals surface area contributed by atoms with E-state index in [4.69, 9.17) is 4.98 Å². The van der Waals surface area contributed by atoms with Crippen molar-refractivity contribution in [3.05, 3.63) is 23.8 Å². The highest BCUT2D eigenvalue weighted by Gasteiger charge is 2.34. The second kappa shape index (κ2) is 5.78. The van der Waals surface area contributed by atoms with Crippen LogP contribution in [-0.2, 0) is 4.79 Å². The molecule has 1 aliphatic carbocycles. The number of carbonyl (C=O) groups excluding carboxylic acids is 1. The van der Waals surface area contributed by atoms with E-state index >= 15 is 0 Å². The van der Waals surface area contributed by atoms with Crippen LogP contribution in [0.2, 0.25) is 0 Å². The van der Waals surface area contributed by atoms with Gasteiger partial charge in [0.25, 0.3) is 0 Å². The number of benzene rings is 1. The molecule has 2 aromatic rings. The maximum atomic E-state index is 12.2. The van der Waals surface area contributed by atoms with Gasteiger partial charge in [0.2, 0.25) is 5.91 Å². The van der Waals surface area contributed by atoms with Crippen LogP contribution in [0.25, 0.3) is 10.2 Å².